The Morgan fingerprint density at radius 3 is 2.73 bits per heavy atom. The van der Waals surface area contributed by atoms with Crippen molar-refractivity contribution in [2.24, 2.45) is 40.4 Å². The maximum absolute atomic E-state index is 13.5. The van der Waals surface area contributed by atoms with E-state index in [0.717, 1.165) is 18.3 Å². The maximum atomic E-state index is 13.5. The minimum Gasteiger partial charge on any atom is -0.294 e. The fraction of sp³-hybridized carbons (Fsp3) is 0.800. The summed E-state index contributed by atoms with van der Waals surface area (Å²) in [5.41, 5.74) is 3.11. The van der Waals surface area contributed by atoms with Gasteiger partial charge in [-0.15, -0.1) is 0 Å². The summed E-state index contributed by atoms with van der Waals surface area (Å²) >= 11 is 0. The van der Waals surface area contributed by atoms with Crippen LogP contribution in [0.3, 0.4) is 0 Å². The number of fused-ring (bicyclic) bond motifs is 5. The largest absolute Gasteiger partial charge is 0.294 e. The molecule has 0 aromatic rings. The van der Waals surface area contributed by atoms with E-state index in [0.29, 0.717) is 29.0 Å². The van der Waals surface area contributed by atoms with E-state index < -0.39 is 0 Å². The Morgan fingerprint density at radius 1 is 1.23 bits per heavy atom. The number of rotatable bonds is 3. The molecule has 1 heteroatoms. The molecule has 4 aliphatic rings. The first-order chi connectivity index (χ1) is 12.3. The maximum Gasteiger partial charge on any atom is 0.165 e. The molecule has 2 fully saturated rings. The van der Waals surface area contributed by atoms with Crippen LogP contribution >= 0.6 is 0 Å². The van der Waals surface area contributed by atoms with Crippen LogP contribution < -0.4 is 0 Å². The summed E-state index contributed by atoms with van der Waals surface area (Å²) in [6.07, 6.45) is 14.9. The van der Waals surface area contributed by atoms with Gasteiger partial charge in [-0.05, 0) is 93.0 Å². The highest BCUT2D eigenvalue weighted by Crippen LogP contribution is 2.64. The zero-order chi connectivity index (χ0) is 18.7. The van der Waals surface area contributed by atoms with E-state index in [2.05, 4.69) is 46.8 Å². The SMILES string of the molecule is CCC[C@@H](C)C1=CCC2C3CC[C@@H]4C[C@H](C)CC[C@]4(C)C3=CC(=O)[C@]12C. The summed E-state index contributed by atoms with van der Waals surface area (Å²) in [6.45, 7) is 11.8. The Bertz CT molecular complexity index is 655. The van der Waals surface area contributed by atoms with Crippen molar-refractivity contribution in [3.63, 3.8) is 0 Å². The minimum atomic E-state index is -0.214. The second kappa shape index (κ2) is 6.35. The molecule has 4 rings (SSSR count). The molecule has 2 unspecified atom stereocenters. The summed E-state index contributed by atoms with van der Waals surface area (Å²) in [4.78, 5) is 13.5. The van der Waals surface area contributed by atoms with Crippen LogP contribution in [0.1, 0.15) is 86.0 Å². The van der Waals surface area contributed by atoms with Crippen molar-refractivity contribution in [3.8, 4) is 0 Å². The van der Waals surface area contributed by atoms with Crippen molar-refractivity contribution in [3.05, 3.63) is 23.3 Å². The Morgan fingerprint density at radius 2 is 2.00 bits per heavy atom. The highest BCUT2D eigenvalue weighted by molar-refractivity contribution is 5.99. The quantitative estimate of drug-likeness (QED) is 0.513. The van der Waals surface area contributed by atoms with Gasteiger partial charge in [0.2, 0.25) is 0 Å². The third kappa shape index (κ3) is 2.45. The molecule has 2 saturated carbocycles. The Balaban J connectivity index is 1.70. The van der Waals surface area contributed by atoms with Crippen molar-refractivity contribution >= 4 is 5.78 Å². The van der Waals surface area contributed by atoms with Crippen LogP contribution in [0.4, 0.5) is 0 Å². The highest BCUT2D eigenvalue weighted by Gasteiger charge is 2.58. The molecule has 7 atom stereocenters. The van der Waals surface area contributed by atoms with Gasteiger partial charge < -0.3 is 0 Å². The topological polar surface area (TPSA) is 17.1 Å². The zero-order valence-corrected chi connectivity index (χ0v) is 17.6. The van der Waals surface area contributed by atoms with Crippen LogP contribution in [0.25, 0.3) is 0 Å². The van der Waals surface area contributed by atoms with Crippen LogP contribution in [0, 0.1) is 40.4 Å². The van der Waals surface area contributed by atoms with Gasteiger partial charge >= 0.3 is 0 Å². The third-order valence-corrected chi connectivity index (χ3v) is 9.10. The van der Waals surface area contributed by atoms with Crippen LogP contribution in [0.2, 0.25) is 0 Å². The van der Waals surface area contributed by atoms with Crippen LogP contribution in [0.5, 0.6) is 0 Å². The second-order valence-electron chi connectivity index (χ2n) is 10.5. The number of hydrogen-bond acceptors (Lipinski definition) is 1. The number of allylic oxidation sites excluding steroid dienone is 4. The van der Waals surface area contributed by atoms with E-state index in [4.69, 9.17) is 0 Å². The lowest BCUT2D eigenvalue weighted by atomic mass is 9.47. The second-order valence-corrected chi connectivity index (χ2v) is 10.5. The van der Waals surface area contributed by atoms with Gasteiger partial charge in [-0.25, -0.2) is 0 Å². The Labute approximate surface area is 160 Å². The number of hydrogen-bond donors (Lipinski definition) is 0. The standard InChI is InChI=1S/C25H38O/c1-6-7-17(3)20-10-11-21-19-9-8-18-14-16(2)12-13-24(18,4)22(19)15-23(26)25(20,21)5/h10,15-19,21H,6-9,11-14H2,1-5H3/t16-,17-,18-,19?,21?,24+,25-/m1/s1. The number of carbonyl (C=O) groups is 1. The van der Waals surface area contributed by atoms with E-state index in [9.17, 15) is 4.79 Å². The first kappa shape index (κ1) is 18.5. The van der Waals surface area contributed by atoms with E-state index in [1.165, 1.54) is 50.5 Å². The molecule has 0 aromatic heterocycles. The molecule has 144 valence electrons. The fourth-order valence-corrected chi connectivity index (χ4v) is 7.48. The monoisotopic (exact) mass is 354 g/mol. The smallest absolute Gasteiger partial charge is 0.165 e. The molecule has 0 amide bonds. The van der Waals surface area contributed by atoms with Gasteiger partial charge in [0.25, 0.3) is 0 Å². The molecule has 0 saturated heterocycles. The van der Waals surface area contributed by atoms with Crippen LogP contribution in [-0.4, -0.2) is 5.78 Å². The lowest BCUT2D eigenvalue weighted by Gasteiger charge is -2.56. The number of carbonyl (C=O) groups excluding carboxylic acids is 1. The minimum absolute atomic E-state index is 0.214. The third-order valence-electron chi connectivity index (χ3n) is 9.10. The Kier molecular flexibility index (Phi) is 4.52. The van der Waals surface area contributed by atoms with Gasteiger partial charge in [0.05, 0.1) is 5.41 Å². The molecule has 0 heterocycles. The summed E-state index contributed by atoms with van der Waals surface area (Å²) < 4.78 is 0. The van der Waals surface area contributed by atoms with E-state index in [-0.39, 0.29) is 5.41 Å². The van der Waals surface area contributed by atoms with Crippen molar-refractivity contribution in [1.29, 1.82) is 0 Å². The normalized spacial score (nSPS) is 46.0. The van der Waals surface area contributed by atoms with E-state index >= 15 is 0 Å². The van der Waals surface area contributed by atoms with Crippen molar-refractivity contribution in [1.82, 2.24) is 0 Å². The average Bonchev–Trinajstić information content (AvgIpc) is 2.96. The molecular formula is C25H38O. The average molecular weight is 355 g/mol. The van der Waals surface area contributed by atoms with Gasteiger partial charge in [0.1, 0.15) is 0 Å². The lowest BCUT2D eigenvalue weighted by Crippen LogP contribution is -2.50. The molecular weight excluding hydrogens is 316 g/mol. The summed E-state index contributed by atoms with van der Waals surface area (Å²) in [5.74, 6) is 3.83. The first-order valence-electron chi connectivity index (χ1n) is 11.3. The molecule has 0 aliphatic heterocycles. The first-order valence-corrected chi connectivity index (χ1v) is 11.3. The Hall–Kier alpha value is -0.850. The fourth-order valence-electron chi connectivity index (χ4n) is 7.48. The lowest BCUT2D eigenvalue weighted by molar-refractivity contribution is -0.126. The predicted molar refractivity (Wildman–Crippen MR) is 109 cm³/mol. The molecule has 4 aliphatic carbocycles. The summed E-state index contributed by atoms with van der Waals surface area (Å²) in [7, 11) is 0. The van der Waals surface area contributed by atoms with Gasteiger partial charge in [0, 0.05) is 0 Å². The molecule has 26 heavy (non-hydrogen) atoms. The van der Waals surface area contributed by atoms with Gasteiger partial charge in [0.15, 0.2) is 5.78 Å². The molecule has 0 N–H and O–H groups in total. The van der Waals surface area contributed by atoms with Gasteiger partial charge in [-0.3, -0.25) is 4.79 Å². The van der Waals surface area contributed by atoms with E-state index in [1.54, 1.807) is 5.57 Å². The molecule has 0 radical (unpaired) electrons. The summed E-state index contributed by atoms with van der Waals surface area (Å²) in [6, 6.07) is 0. The van der Waals surface area contributed by atoms with Crippen molar-refractivity contribution in [2.45, 2.75) is 86.0 Å². The van der Waals surface area contributed by atoms with Gasteiger partial charge in [-0.2, -0.15) is 0 Å². The molecule has 0 aromatic carbocycles. The predicted octanol–water partition coefficient (Wildman–Crippen LogP) is 6.74. The molecule has 1 nitrogen and oxygen atoms in total. The summed E-state index contributed by atoms with van der Waals surface area (Å²) in [5, 5.41) is 0. The van der Waals surface area contributed by atoms with Crippen molar-refractivity contribution < 1.29 is 4.79 Å². The highest BCUT2D eigenvalue weighted by atomic mass is 16.1. The van der Waals surface area contributed by atoms with Crippen LogP contribution in [0.15, 0.2) is 23.3 Å². The number of ketones is 1. The van der Waals surface area contributed by atoms with E-state index in [1.807, 2.05) is 0 Å². The zero-order valence-electron chi connectivity index (χ0n) is 17.6. The van der Waals surface area contributed by atoms with Gasteiger partial charge in [-0.1, -0.05) is 51.3 Å². The molecule has 0 bridgehead atoms. The van der Waals surface area contributed by atoms with Crippen molar-refractivity contribution in [2.75, 3.05) is 0 Å². The van der Waals surface area contributed by atoms with Crippen LogP contribution in [-0.2, 0) is 4.79 Å². The molecule has 0 spiro atoms.